The third kappa shape index (κ3) is 13.8. The molecule has 556 valence electrons. The third-order valence-electron chi connectivity index (χ3n) is 17.7. The molecule has 0 saturated carbocycles. The summed E-state index contributed by atoms with van der Waals surface area (Å²) < 4.78 is 422. The number of H-pyrrole nitrogens is 2. The van der Waals surface area contributed by atoms with E-state index in [1.165, 1.54) is 12.1 Å². The van der Waals surface area contributed by atoms with E-state index in [0.717, 1.165) is 12.1 Å². The summed E-state index contributed by atoms with van der Waals surface area (Å²) in [5.41, 5.74) is -52.0. The molecule has 3 aliphatic rings. The molecule has 3 N–H and O–H groups in total. The van der Waals surface area contributed by atoms with Crippen LogP contribution in [0.25, 0.3) is 90.9 Å². The van der Waals surface area contributed by atoms with Gasteiger partial charge in [0.05, 0.1) is 72.8 Å². The molecule has 0 unspecified atom stereocenters. The van der Waals surface area contributed by atoms with E-state index in [2.05, 4.69) is 15.0 Å². The predicted octanol–water partition coefficient (Wildman–Crippen LogP) is 25.2. The van der Waals surface area contributed by atoms with Crippen molar-refractivity contribution in [3.05, 3.63) is 186 Å². The molecule has 0 fully saturated rings. The maximum atomic E-state index is 15.8. The Bertz CT molecular complexity index is 5020. The summed E-state index contributed by atoms with van der Waals surface area (Å²) in [5, 5.41) is 10.9. The molecule has 0 aliphatic carbocycles. The second kappa shape index (κ2) is 24.1. The van der Waals surface area contributed by atoms with Crippen LogP contribution in [0.3, 0.4) is 0 Å². The van der Waals surface area contributed by atoms with Crippen molar-refractivity contribution in [1.29, 1.82) is 0 Å². The zero-order valence-electron chi connectivity index (χ0n) is 54.3. The van der Waals surface area contributed by atoms with Gasteiger partial charge in [0.25, 0.3) is 0 Å². The number of carboxylic acid groups (broad SMARTS) is 1. The van der Waals surface area contributed by atoms with Crippen molar-refractivity contribution < 1.29 is 133 Å². The van der Waals surface area contributed by atoms with Crippen molar-refractivity contribution >= 4 is 52.3 Å². The lowest BCUT2D eigenvalue weighted by Gasteiger charge is -2.38. The van der Waals surface area contributed by atoms with E-state index in [1.807, 2.05) is 4.98 Å². The van der Waals surface area contributed by atoms with E-state index in [1.54, 1.807) is 67.5 Å². The van der Waals surface area contributed by atoms with Gasteiger partial charge in [0, 0.05) is 83.1 Å². The van der Waals surface area contributed by atoms with Gasteiger partial charge in [0.2, 0.25) is 0 Å². The second-order valence-electron chi connectivity index (χ2n) is 27.2. The molecular formula is C71H45F27N4O3. The number of rotatable bonds is 5. The van der Waals surface area contributed by atoms with Gasteiger partial charge in [-0.05, 0) is 119 Å². The number of benzene rings is 5. The number of carboxylic acids is 1. The zero-order valence-corrected chi connectivity index (χ0v) is 54.3. The smallest absolute Gasteiger partial charge is 0.417 e. The minimum absolute atomic E-state index is 0.0937. The summed E-state index contributed by atoms with van der Waals surface area (Å²) >= 11 is 0. The van der Waals surface area contributed by atoms with E-state index in [4.69, 9.17) is 4.74 Å². The summed E-state index contributed by atoms with van der Waals surface area (Å²) in [5.74, 6) is -2.44. The average Bonchev–Trinajstić information content (AvgIpc) is 1.64. The predicted molar refractivity (Wildman–Crippen MR) is 329 cm³/mol. The van der Waals surface area contributed by atoms with Gasteiger partial charge in [0.1, 0.15) is 17.1 Å². The first kappa shape index (κ1) is 76.2. The molecule has 3 aromatic heterocycles. The molecule has 3 aliphatic heterocycles. The van der Waals surface area contributed by atoms with Crippen molar-refractivity contribution in [1.82, 2.24) is 19.9 Å². The Labute approximate surface area is 572 Å². The third-order valence-corrected chi connectivity index (χ3v) is 17.7. The molecule has 11 rings (SSSR count). The number of nitrogens with one attached hydrogen (secondary N) is 2. The molecule has 105 heavy (non-hydrogen) atoms. The maximum absolute atomic E-state index is 15.8. The van der Waals surface area contributed by atoms with E-state index in [-0.39, 0.29) is 41.0 Å². The van der Waals surface area contributed by atoms with Crippen molar-refractivity contribution in [3.8, 4) is 56.0 Å². The molecule has 34 heteroatoms. The summed E-state index contributed by atoms with van der Waals surface area (Å²) in [7, 11) is 0. The first-order chi connectivity index (χ1) is 47.6. The summed E-state index contributed by atoms with van der Waals surface area (Å²) in [4.78, 5) is 26.2. The van der Waals surface area contributed by atoms with Crippen molar-refractivity contribution in [3.63, 3.8) is 0 Å². The summed E-state index contributed by atoms with van der Waals surface area (Å²) in [6.45, 7) is 13.2. The number of hydrogen-bond donors (Lipinski definition) is 3. The number of carbonyl (C=O) groups is 1. The van der Waals surface area contributed by atoms with Gasteiger partial charge in [-0.1, -0.05) is 67.5 Å². The lowest BCUT2D eigenvalue weighted by atomic mass is 9.70. The van der Waals surface area contributed by atoms with Gasteiger partial charge >= 0.3 is 61.6 Å². The van der Waals surface area contributed by atoms with Crippen molar-refractivity contribution in [2.24, 2.45) is 0 Å². The molecule has 0 saturated heterocycles. The first-order valence-corrected chi connectivity index (χ1v) is 30.2. The molecule has 8 bridgehead atoms. The highest BCUT2D eigenvalue weighted by Crippen LogP contribution is 2.59. The number of fused-ring (bicyclic) bond motifs is 10. The van der Waals surface area contributed by atoms with Crippen LogP contribution in [0.15, 0.2) is 84.9 Å². The van der Waals surface area contributed by atoms with Crippen LogP contribution < -0.4 is 4.74 Å². The van der Waals surface area contributed by atoms with Crippen LogP contribution in [0.1, 0.15) is 161 Å². The van der Waals surface area contributed by atoms with Crippen molar-refractivity contribution in [2.75, 3.05) is 0 Å². The number of alkyl halides is 27. The lowest BCUT2D eigenvalue weighted by Crippen LogP contribution is -2.28. The Morgan fingerprint density at radius 3 is 0.857 bits per heavy atom. The Kier molecular flexibility index (Phi) is 17.5. The molecule has 0 radical (unpaired) electrons. The molecule has 5 aromatic carbocycles. The fraction of sp³-hybridized carbons (Fsp3) is 0.282. The molecule has 6 heterocycles. The van der Waals surface area contributed by atoms with E-state index in [9.17, 15) is 49.4 Å². The van der Waals surface area contributed by atoms with Crippen molar-refractivity contribution in [2.45, 2.75) is 127 Å². The number of aromatic amines is 2. The number of nitrogens with zero attached hydrogens (tertiary/aromatic N) is 2. The van der Waals surface area contributed by atoms with Crippen LogP contribution in [0.4, 0.5) is 119 Å². The normalized spacial score (nSPS) is 14.8. The highest BCUT2D eigenvalue weighted by atomic mass is 19.4. The SMILES string of the molecule is CC(C)(C)c1cc(C(=O)O)c2c(c1)C(C)(C)c1cc(C(C)(C)C)cc(-c3c4nc(c(-c5c(C(F)(F)F)cc(C(F)(F)F)cc5C(F)(F)F)c5ccc([nH]5)c(-c5c(C(F)(F)F)cc(C(F)(F)F)cc5C(F)(F)F)c5nc(c(-c6c(C(F)(F)F)cc(C(F)(F)F)cc6C(F)(F)F)c6ccc3[nH]6)C=C5)C=C4)c1O2. The summed E-state index contributed by atoms with van der Waals surface area (Å²) in [6.07, 6.45) is -55.0. The van der Waals surface area contributed by atoms with Gasteiger partial charge < -0.3 is 19.8 Å². The number of hydrogen-bond acceptors (Lipinski definition) is 4. The maximum Gasteiger partial charge on any atom is 0.417 e. The lowest BCUT2D eigenvalue weighted by molar-refractivity contribution is -0.150. The fourth-order valence-corrected chi connectivity index (χ4v) is 12.7. The van der Waals surface area contributed by atoms with Gasteiger partial charge in [-0.25, -0.2) is 14.8 Å². The topological polar surface area (TPSA) is 104 Å². The number of aromatic carboxylic acids is 1. The average molecular weight is 1520 g/mol. The quantitative estimate of drug-likeness (QED) is 0.149. The molecule has 7 nitrogen and oxygen atoms in total. The minimum Gasteiger partial charge on any atom is -0.478 e. The second-order valence-corrected chi connectivity index (χ2v) is 27.2. The monoisotopic (exact) mass is 1510 g/mol. The fourth-order valence-electron chi connectivity index (χ4n) is 12.7. The van der Waals surface area contributed by atoms with Crippen LogP contribution in [0.2, 0.25) is 0 Å². The number of ether oxygens (including phenoxy) is 1. The number of aromatic nitrogens is 4. The minimum atomic E-state index is -6.49. The Morgan fingerprint density at radius 2 is 0.600 bits per heavy atom. The van der Waals surface area contributed by atoms with E-state index in [0.29, 0.717) is 17.7 Å². The number of halogens is 27. The van der Waals surface area contributed by atoms with Gasteiger partial charge in [-0.3, -0.25) is 0 Å². The van der Waals surface area contributed by atoms with Crippen LogP contribution in [0, 0.1) is 0 Å². The van der Waals surface area contributed by atoms with Crippen LogP contribution in [-0.2, 0) is 71.8 Å². The zero-order chi connectivity index (χ0) is 78.3. The molecule has 0 atom stereocenters. The highest BCUT2D eigenvalue weighted by molar-refractivity contribution is 6.03. The first-order valence-electron chi connectivity index (χ1n) is 30.2. The van der Waals surface area contributed by atoms with Crippen LogP contribution in [0.5, 0.6) is 11.5 Å². The Morgan fingerprint density at radius 1 is 0.343 bits per heavy atom. The van der Waals surface area contributed by atoms with E-state index >= 15 is 79.0 Å². The summed E-state index contributed by atoms with van der Waals surface area (Å²) in [6, 6.07) is 2.40. The van der Waals surface area contributed by atoms with Gasteiger partial charge in [0.15, 0.2) is 0 Å². The molecule has 8 aromatic rings. The van der Waals surface area contributed by atoms with Crippen LogP contribution >= 0.6 is 0 Å². The molecule has 0 spiro atoms. The Hall–Kier alpha value is -9.92. The standard InChI is InChI=1S/C71H45F27N4O3/c1-60(2,3)27-17-32(57-40(19-27)62(7,8)41-20-28(61(4,5)6)18-33(59(103)104)58(41)105-57)50-42-9-11-44(99-42)54(51-34(66(81,82)83)21-29(63(72,73)74)22-35(51)67(84,85)86)46-13-15-48(101-46)56(53-38(70(93,94)95)25-31(65(78,79)80)26-39(53)71(96,97)98)49-16-14-47(102-49)55(45-12-10-43(50)100-45)52-36(68(87,88)89)23-30(64(75,76)77)24-37(52)69(90,91)92/h9-26,99,102H,1-8H3,(H,103,104). The highest BCUT2D eigenvalue weighted by Gasteiger charge is 2.51. The molecule has 0 amide bonds. The largest absolute Gasteiger partial charge is 0.478 e. The Balaban J connectivity index is 1.49. The van der Waals surface area contributed by atoms with E-state index < -0.39 is 271 Å². The van der Waals surface area contributed by atoms with Gasteiger partial charge in [-0.2, -0.15) is 119 Å². The van der Waals surface area contributed by atoms with Crippen LogP contribution in [-0.4, -0.2) is 31.0 Å². The molecular weight excluding hydrogens is 1470 g/mol. The van der Waals surface area contributed by atoms with Gasteiger partial charge in [-0.15, -0.1) is 0 Å².